The van der Waals surface area contributed by atoms with Crippen LogP contribution in [0.2, 0.25) is 0 Å². The number of halogens is 1. The molecule has 0 bridgehead atoms. The molecule has 4 rings (SSSR count). The maximum atomic E-state index is 13.4. The molecule has 2 heteroatoms. The number of hydrogen-bond acceptors (Lipinski definition) is 1. The molecule has 2 aliphatic rings. The molecule has 0 N–H and O–H groups in total. The second-order valence-corrected chi connectivity index (χ2v) is 7.41. The van der Waals surface area contributed by atoms with Gasteiger partial charge in [-0.25, -0.2) is 4.39 Å². The molecular weight excluding hydrogens is 309 g/mol. The lowest BCUT2D eigenvalue weighted by atomic mass is 9.80. The van der Waals surface area contributed by atoms with Gasteiger partial charge in [-0.05, 0) is 66.9 Å². The Morgan fingerprint density at radius 3 is 2.48 bits per heavy atom. The fourth-order valence-corrected chi connectivity index (χ4v) is 4.03. The zero-order valence-corrected chi connectivity index (χ0v) is 14.7. The molecule has 1 heterocycles. The van der Waals surface area contributed by atoms with E-state index < -0.39 is 6.17 Å². The molecule has 0 radical (unpaired) electrons. The summed E-state index contributed by atoms with van der Waals surface area (Å²) in [5, 5.41) is 0. The first-order chi connectivity index (χ1) is 12.1. The van der Waals surface area contributed by atoms with Gasteiger partial charge in [0.25, 0.3) is 0 Å². The minimum Gasteiger partial charge on any atom is -0.260 e. The van der Waals surface area contributed by atoms with Gasteiger partial charge >= 0.3 is 0 Å². The SMILES string of the molecule is C=C(c1ccc2c(c1)N=CC2c1ccc(C)cc1)C1CCC(F)CC1. The molecule has 0 saturated heterocycles. The molecule has 1 aliphatic heterocycles. The Bertz CT molecular complexity index is 810. The molecule has 1 nitrogen and oxygen atoms in total. The summed E-state index contributed by atoms with van der Waals surface area (Å²) in [4.78, 5) is 4.65. The highest BCUT2D eigenvalue weighted by atomic mass is 19.1. The van der Waals surface area contributed by atoms with Crippen molar-refractivity contribution in [1.82, 2.24) is 0 Å². The van der Waals surface area contributed by atoms with Crippen molar-refractivity contribution in [2.75, 3.05) is 0 Å². The molecule has 1 fully saturated rings. The van der Waals surface area contributed by atoms with E-state index in [-0.39, 0.29) is 5.92 Å². The summed E-state index contributed by atoms with van der Waals surface area (Å²) in [5.74, 6) is 0.642. The number of allylic oxidation sites excluding steroid dienone is 1. The third-order valence-electron chi connectivity index (χ3n) is 5.68. The van der Waals surface area contributed by atoms with E-state index in [4.69, 9.17) is 0 Å². The molecule has 0 aromatic heterocycles. The molecular formula is C23H24FN. The number of hydrogen-bond donors (Lipinski definition) is 0. The Morgan fingerprint density at radius 1 is 1.04 bits per heavy atom. The van der Waals surface area contributed by atoms with Crippen molar-refractivity contribution in [3.63, 3.8) is 0 Å². The molecule has 0 spiro atoms. The van der Waals surface area contributed by atoms with Crippen molar-refractivity contribution < 1.29 is 4.39 Å². The van der Waals surface area contributed by atoms with Crippen LogP contribution in [0.25, 0.3) is 5.57 Å². The molecule has 2 aromatic rings. The first-order valence-electron chi connectivity index (χ1n) is 9.20. The number of aliphatic imine (C=N–C) groups is 1. The normalized spacial score (nSPS) is 25.0. The molecule has 0 amide bonds. The lowest BCUT2D eigenvalue weighted by Gasteiger charge is -2.26. The number of rotatable bonds is 3. The number of benzene rings is 2. The first kappa shape index (κ1) is 16.3. The minimum atomic E-state index is -0.621. The predicted octanol–water partition coefficient (Wildman–Crippen LogP) is 6.38. The highest BCUT2D eigenvalue weighted by Gasteiger charge is 2.25. The van der Waals surface area contributed by atoms with Gasteiger partial charge in [0.05, 0.1) is 5.69 Å². The van der Waals surface area contributed by atoms with Crippen LogP contribution in [-0.4, -0.2) is 12.4 Å². The number of fused-ring (bicyclic) bond motifs is 1. The summed E-state index contributed by atoms with van der Waals surface area (Å²) in [6, 6.07) is 15.2. The third kappa shape index (κ3) is 3.18. The van der Waals surface area contributed by atoms with Crippen LogP contribution >= 0.6 is 0 Å². The second-order valence-electron chi connectivity index (χ2n) is 7.41. The average Bonchev–Trinajstić information content (AvgIpc) is 3.05. The standard InChI is InChI=1S/C23H24FN/c1-15-3-5-18(6-4-15)22-14-25-23-13-19(9-12-21(22)23)16(2)17-7-10-20(24)11-8-17/h3-6,9,12-14,17,20,22H,2,7-8,10-11H2,1H3. The highest BCUT2D eigenvalue weighted by molar-refractivity contribution is 5.85. The minimum absolute atomic E-state index is 0.236. The molecule has 1 unspecified atom stereocenters. The molecule has 2 aromatic carbocycles. The van der Waals surface area contributed by atoms with Crippen molar-refractivity contribution in [3.05, 3.63) is 71.3 Å². The quantitative estimate of drug-likeness (QED) is 0.617. The molecule has 1 saturated carbocycles. The van der Waals surface area contributed by atoms with E-state index >= 15 is 0 Å². The molecule has 25 heavy (non-hydrogen) atoms. The largest absolute Gasteiger partial charge is 0.260 e. The van der Waals surface area contributed by atoms with E-state index in [0.29, 0.717) is 18.8 Å². The fraction of sp³-hybridized carbons (Fsp3) is 0.348. The van der Waals surface area contributed by atoms with Crippen molar-refractivity contribution in [2.24, 2.45) is 10.9 Å². The van der Waals surface area contributed by atoms with E-state index in [0.717, 1.165) is 29.7 Å². The van der Waals surface area contributed by atoms with Gasteiger partial charge in [0.1, 0.15) is 6.17 Å². The molecule has 1 atom stereocenters. The summed E-state index contributed by atoms with van der Waals surface area (Å²) < 4.78 is 13.4. The fourth-order valence-electron chi connectivity index (χ4n) is 4.03. The van der Waals surface area contributed by atoms with Gasteiger partial charge in [-0.3, -0.25) is 4.99 Å². The van der Waals surface area contributed by atoms with Gasteiger partial charge in [-0.15, -0.1) is 0 Å². The third-order valence-corrected chi connectivity index (χ3v) is 5.68. The highest BCUT2D eigenvalue weighted by Crippen LogP contribution is 2.41. The summed E-state index contributed by atoms with van der Waals surface area (Å²) in [7, 11) is 0. The zero-order chi connectivity index (χ0) is 17.4. The molecule has 1 aliphatic carbocycles. The van der Waals surface area contributed by atoms with Crippen LogP contribution in [0.3, 0.4) is 0 Å². The van der Waals surface area contributed by atoms with Crippen molar-refractivity contribution in [3.8, 4) is 0 Å². The van der Waals surface area contributed by atoms with E-state index in [9.17, 15) is 4.39 Å². The first-order valence-corrected chi connectivity index (χ1v) is 9.20. The smallest absolute Gasteiger partial charge is 0.100 e. The van der Waals surface area contributed by atoms with Crippen LogP contribution in [0.4, 0.5) is 10.1 Å². The van der Waals surface area contributed by atoms with Crippen LogP contribution in [0.15, 0.2) is 54.0 Å². The summed E-state index contributed by atoms with van der Waals surface area (Å²) in [6.45, 7) is 6.42. The monoisotopic (exact) mass is 333 g/mol. The Balaban J connectivity index is 1.56. The Morgan fingerprint density at radius 2 is 1.76 bits per heavy atom. The zero-order valence-electron chi connectivity index (χ0n) is 14.7. The van der Waals surface area contributed by atoms with Crippen molar-refractivity contribution in [1.29, 1.82) is 0 Å². The van der Waals surface area contributed by atoms with Crippen LogP contribution < -0.4 is 0 Å². The summed E-state index contributed by atoms with van der Waals surface area (Å²) >= 11 is 0. The van der Waals surface area contributed by atoms with Crippen LogP contribution in [0.5, 0.6) is 0 Å². The second kappa shape index (κ2) is 6.59. The van der Waals surface area contributed by atoms with Crippen LogP contribution in [0, 0.1) is 12.8 Å². The van der Waals surface area contributed by atoms with E-state index in [2.05, 4.69) is 61.0 Å². The van der Waals surface area contributed by atoms with E-state index in [1.165, 1.54) is 16.7 Å². The lowest BCUT2D eigenvalue weighted by molar-refractivity contribution is 0.230. The van der Waals surface area contributed by atoms with Gasteiger partial charge in [0.2, 0.25) is 0 Å². The maximum Gasteiger partial charge on any atom is 0.100 e. The topological polar surface area (TPSA) is 12.4 Å². The number of aryl methyl sites for hydroxylation is 1. The average molecular weight is 333 g/mol. The number of alkyl halides is 1. The van der Waals surface area contributed by atoms with E-state index in [1.54, 1.807) is 0 Å². The maximum absolute atomic E-state index is 13.4. The van der Waals surface area contributed by atoms with Gasteiger partial charge in [-0.2, -0.15) is 0 Å². The van der Waals surface area contributed by atoms with Crippen molar-refractivity contribution >= 4 is 17.5 Å². The van der Waals surface area contributed by atoms with E-state index in [1.807, 2.05) is 6.21 Å². The van der Waals surface area contributed by atoms with Gasteiger partial charge in [0, 0.05) is 12.1 Å². The summed E-state index contributed by atoms with van der Waals surface area (Å²) in [6.07, 6.45) is 4.57. The molecule has 128 valence electrons. The summed E-state index contributed by atoms with van der Waals surface area (Å²) in [5.41, 5.74) is 7.15. The number of nitrogens with zero attached hydrogens (tertiary/aromatic N) is 1. The Hall–Kier alpha value is -2.22. The van der Waals surface area contributed by atoms with Gasteiger partial charge in [-0.1, -0.05) is 48.5 Å². The Labute approximate surface area is 149 Å². The predicted molar refractivity (Wildman–Crippen MR) is 104 cm³/mol. The lowest BCUT2D eigenvalue weighted by Crippen LogP contribution is -2.15. The van der Waals surface area contributed by atoms with Gasteiger partial charge in [0.15, 0.2) is 0 Å². The van der Waals surface area contributed by atoms with Crippen LogP contribution in [-0.2, 0) is 0 Å². The van der Waals surface area contributed by atoms with Crippen LogP contribution in [0.1, 0.15) is 53.9 Å². The van der Waals surface area contributed by atoms with Crippen molar-refractivity contribution in [2.45, 2.75) is 44.7 Å². The van der Waals surface area contributed by atoms with Gasteiger partial charge < -0.3 is 0 Å². The Kier molecular flexibility index (Phi) is 4.29.